The second kappa shape index (κ2) is 9.33. The van der Waals surface area contributed by atoms with E-state index in [0.29, 0.717) is 29.1 Å². The number of nitrogen functional groups attached to an aromatic ring is 1. The summed E-state index contributed by atoms with van der Waals surface area (Å²) in [6.45, 7) is 0. The molecule has 0 bridgehead atoms. The number of anilines is 1. The van der Waals surface area contributed by atoms with Gasteiger partial charge in [-0.1, -0.05) is 0 Å². The molecule has 8 N–H and O–H groups in total. The summed E-state index contributed by atoms with van der Waals surface area (Å²) in [4.78, 5) is 23.2. The molecule has 11 nitrogen and oxygen atoms in total. The van der Waals surface area contributed by atoms with Crippen molar-refractivity contribution in [1.82, 2.24) is 19.5 Å². The maximum atomic E-state index is 11.0. The largest absolute Gasteiger partial charge is 1.00 e. The standard InChI is InChI=1S/C15H23N7O4S.BrH/c1-27(3-2-7(16)13(18)25)4-8-10(23)11(24)15(26-8)22-6-21-9-12(17)19-5-20-14(9)22;/h5-8,10-11,15,23-24H,2-4,16H2,1H3,(H3-,17,18,19,20,25);1H/t7?,8-,10-,11-,15-,27?;/m1./s1. The number of hydrogen-bond acceptors (Lipinski definition) is 9. The minimum Gasteiger partial charge on any atom is -1.00 e. The summed E-state index contributed by atoms with van der Waals surface area (Å²) in [5.74, 6) is 0.885. The van der Waals surface area contributed by atoms with E-state index in [2.05, 4.69) is 15.0 Å². The highest BCUT2D eigenvalue weighted by molar-refractivity contribution is 7.96. The number of primary amides is 1. The summed E-state index contributed by atoms with van der Waals surface area (Å²) < 4.78 is 7.45. The summed E-state index contributed by atoms with van der Waals surface area (Å²) in [6.07, 6.45) is 1.59. The first-order chi connectivity index (χ1) is 12.8. The number of halogens is 1. The molecule has 1 aliphatic heterocycles. The number of rotatable bonds is 7. The lowest BCUT2D eigenvalue weighted by molar-refractivity contribution is -0.119. The van der Waals surface area contributed by atoms with Crippen molar-refractivity contribution in [2.45, 2.75) is 37.0 Å². The number of amides is 1. The highest BCUT2D eigenvalue weighted by Crippen LogP contribution is 2.32. The summed E-state index contributed by atoms with van der Waals surface area (Å²) in [5.41, 5.74) is 17.4. The van der Waals surface area contributed by atoms with Crippen LogP contribution in [0.4, 0.5) is 5.82 Å². The Morgan fingerprint density at radius 3 is 2.75 bits per heavy atom. The van der Waals surface area contributed by atoms with Gasteiger partial charge in [0.05, 0.1) is 18.6 Å². The van der Waals surface area contributed by atoms with Gasteiger partial charge >= 0.3 is 0 Å². The van der Waals surface area contributed by atoms with Crippen molar-refractivity contribution in [3.8, 4) is 0 Å². The number of carbonyl (C=O) groups excluding carboxylic acids is 1. The van der Waals surface area contributed by atoms with Gasteiger partial charge < -0.3 is 49.1 Å². The highest BCUT2D eigenvalue weighted by atomic mass is 79.9. The first kappa shape index (κ1) is 22.8. The number of imidazole rings is 1. The van der Waals surface area contributed by atoms with Crippen LogP contribution in [0, 0.1) is 0 Å². The Morgan fingerprint density at radius 2 is 2.07 bits per heavy atom. The van der Waals surface area contributed by atoms with Gasteiger partial charge in [-0.05, 0) is 10.9 Å². The van der Waals surface area contributed by atoms with Crippen molar-refractivity contribution < 1.29 is 36.7 Å². The second-order valence-electron chi connectivity index (χ2n) is 6.58. The number of ether oxygens (including phenoxy) is 1. The molecule has 156 valence electrons. The number of aromatic nitrogens is 4. The fraction of sp³-hybridized carbons (Fsp3) is 0.600. The number of hydrogen-bond donors (Lipinski definition) is 5. The van der Waals surface area contributed by atoms with Crippen molar-refractivity contribution in [2.75, 3.05) is 23.5 Å². The summed E-state index contributed by atoms with van der Waals surface area (Å²) in [5, 5.41) is 20.9. The quantitative estimate of drug-likeness (QED) is 0.242. The van der Waals surface area contributed by atoms with E-state index in [-0.39, 0.29) is 33.7 Å². The van der Waals surface area contributed by atoms with E-state index in [1.807, 2.05) is 6.26 Å². The zero-order chi connectivity index (χ0) is 19.7. The topological polar surface area (TPSA) is 188 Å². The van der Waals surface area contributed by atoms with Gasteiger partial charge in [0.25, 0.3) is 0 Å². The molecule has 1 amide bonds. The van der Waals surface area contributed by atoms with E-state index in [0.717, 1.165) is 0 Å². The highest BCUT2D eigenvalue weighted by Gasteiger charge is 2.46. The third-order valence-electron chi connectivity index (χ3n) is 4.59. The Hall–Kier alpha value is -1.51. The van der Waals surface area contributed by atoms with E-state index in [1.165, 1.54) is 17.2 Å². The van der Waals surface area contributed by atoms with E-state index in [9.17, 15) is 15.0 Å². The minimum atomic E-state index is -1.14. The molecule has 3 heterocycles. The monoisotopic (exact) mass is 477 g/mol. The molecule has 28 heavy (non-hydrogen) atoms. The van der Waals surface area contributed by atoms with Gasteiger partial charge in [0, 0.05) is 6.42 Å². The fourth-order valence-corrected chi connectivity index (χ4v) is 4.65. The van der Waals surface area contributed by atoms with Crippen LogP contribution in [0.15, 0.2) is 12.7 Å². The third kappa shape index (κ3) is 4.55. The zero-order valence-corrected chi connectivity index (χ0v) is 17.6. The number of carbonyl (C=O) groups is 1. The fourth-order valence-electron chi connectivity index (χ4n) is 2.99. The Morgan fingerprint density at radius 1 is 1.36 bits per heavy atom. The lowest BCUT2D eigenvalue weighted by Crippen LogP contribution is -3.00. The Balaban J connectivity index is 0.00000280. The van der Waals surface area contributed by atoms with Crippen LogP contribution in [0.2, 0.25) is 0 Å². The van der Waals surface area contributed by atoms with Crippen molar-refractivity contribution in [3.63, 3.8) is 0 Å². The summed E-state index contributed by atoms with van der Waals surface area (Å²) in [7, 11) is -0.180. The minimum absolute atomic E-state index is 0. The first-order valence-electron chi connectivity index (χ1n) is 8.38. The molecule has 2 aromatic rings. The Bertz CT molecular complexity index is 825. The zero-order valence-electron chi connectivity index (χ0n) is 15.2. The Kier molecular flexibility index (Phi) is 7.59. The van der Waals surface area contributed by atoms with Gasteiger partial charge in [-0.2, -0.15) is 0 Å². The number of aliphatic hydroxyl groups excluding tert-OH is 2. The second-order valence-corrected chi connectivity index (χ2v) is 8.88. The van der Waals surface area contributed by atoms with Gasteiger partial charge in [0.2, 0.25) is 5.91 Å². The molecule has 2 unspecified atom stereocenters. The number of aliphatic hydroxyl groups is 2. The molecular weight excluding hydrogens is 454 g/mol. The van der Waals surface area contributed by atoms with Crippen molar-refractivity contribution >= 4 is 33.8 Å². The molecule has 6 atom stereocenters. The van der Waals surface area contributed by atoms with Crippen LogP contribution in [-0.4, -0.2) is 77.8 Å². The predicted molar refractivity (Wildman–Crippen MR) is 100 cm³/mol. The Labute approximate surface area is 174 Å². The van der Waals surface area contributed by atoms with Crippen LogP contribution in [-0.2, 0) is 20.4 Å². The molecule has 0 aromatic carbocycles. The van der Waals surface area contributed by atoms with Crippen molar-refractivity contribution in [1.29, 1.82) is 0 Å². The normalized spacial score (nSPS) is 26.7. The molecular formula is C15H24BrN7O4S. The van der Waals surface area contributed by atoms with Gasteiger partial charge in [-0.15, -0.1) is 0 Å². The summed E-state index contributed by atoms with van der Waals surface area (Å²) >= 11 is 0. The summed E-state index contributed by atoms with van der Waals surface area (Å²) in [6, 6.07) is -0.685. The lowest BCUT2D eigenvalue weighted by Gasteiger charge is -2.16. The lowest BCUT2D eigenvalue weighted by atomic mass is 10.1. The van der Waals surface area contributed by atoms with Crippen LogP contribution in [0.25, 0.3) is 11.2 Å². The van der Waals surface area contributed by atoms with Gasteiger partial charge in [-0.25, -0.2) is 15.0 Å². The predicted octanol–water partition coefficient (Wildman–Crippen LogP) is -5.52. The number of nitrogens with two attached hydrogens (primary N) is 3. The average molecular weight is 478 g/mol. The molecule has 0 saturated carbocycles. The van der Waals surface area contributed by atoms with Crippen molar-refractivity contribution in [3.05, 3.63) is 12.7 Å². The molecule has 1 aliphatic rings. The van der Waals surface area contributed by atoms with Crippen LogP contribution >= 0.6 is 0 Å². The maximum absolute atomic E-state index is 11.0. The molecule has 3 rings (SSSR count). The molecule has 0 spiro atoms. The smallest absolute Gasteiger partial charge is 0.234 e. The average Bonchev–Trinajstić information content (AvgIpc) is 3.17. The van der Waals surface area contributed by atoms with Gasteiger partial charge in [-0.3, -0.25) is 9.36 Å². The SMILES string of the molecule is C[S+](CCC(N)C(N)=O)C[C@H]1O[C@@H](n2cnc3c(N)ncnc32)[C@H](O)[C@@H]1O.[Br-]. The van der Waals surface area contributed by atoms with E-state index in [1.54, 1.807) is 0 Å². The van der Waals surface area contributed by atoms with Crippen LogP contribution in [0.3, 0.4) is 0 Å². The van der Waals surface area contributed by atoms with E-state index < -0.39 is 36.5 Å². The molecule has 0 radical (unpaired) electrons. The molecule has 2 aromatic heterocycles. The molecule has 0 aliphatic carbocycles. The molecule has 13 heteroatoms. The first-order valence-corrected chi connectivity index (χ1v) is 10.3. The molecule has 1 saturated heterocycles. The van der Waals surface area contributed by atoms with Crippen LogP contribution < -0.4 is 34.2 Å². The number of fused-ring (bicyclic) bond motifs is 1. The van der Waals surface area contributed by atoms with Crippen LogP contribution in [0.5, 0.6) is 0 Å². The molecule has 1 fully saturated rings. The van der Waals surface area contributed by atoms with Gasteiger partial charge in [0.1, 0.15) is 41.7 Å². The van der Waals surface area contributed by atoms with E-state index in [4.69, 9.17) is 21.9 Å². The maximum Gasteiger partial charge on any atom is 0.234 e. The van der Waals surface area contributed by atoms with E-state index >= 15 is 0 Å². The van der Waals surface area contributed by atoms with Crippen LogP contribution in [0.1, 0.15) is 12.6 Å². The number of nitrogens with zero attached hydrogens (tertiary/aromatic N) is 4. The van der Waals surface area contributed by atoms with Gasteiger partial charge in [0.15, 0.2) is 17.7 Å². The van der Waals surface area contributed by atoms with Crippen molar-refractivity contribution in [2.24, 2.45) is 11.5 Å². The third-order valence-corrected chi connectivity index (χ3v) is 6.42.